The van der Waals surface area contributed by atoms with Gasteiger partial charge in [0.25, 0.3) is 0 Å². The molecule has 0 atom stereocenters. The Morgan fingerprint density at radius 2 is 2.00 bits per heavy atom. The van der Waals surface area contributed by atoms with Gasteiger partial charge in [0, 0.05) is 0 Å². The Morgan fingerprint density at radius 1 is 1.44 bits per heavy atom. The Morgan fingerprint density at radius 3 is 2.33 bits per heavy atom. The van der Waals surface area contributed by atoms with E-state index in [1.807, 2.05) is 0 Å². The first kappa shape index (κ1) is 8.23. The zero-order chi connectivity index (χ0) is 7.28. The zero-order valence-electron chi connectivity index (χ0n) is 4.46. The lowest BCUT2D eigenvalue weighted by Gasteiger charge is -1.89. The van der Waals surface area contributed by atoms with E-state index in [1.165, 1.54) is 0 Å². The Balaban J connectivity index is 3.28. The predicted octanol–water partition coefficient (Wildman–Crippen LogP) is 0.548. The highest BCUT2D eigenvalue weighted by Crippen LogP contribution is 1.93. The molecular formula is C4H5ClO4. The number of aliphatic carboxylic acids is 1. The molecule has 0 aromatic carbocycles. The van der Waals surface area contributed by atoms with Gasteiger partial charge in [-0.15, -0.1) is 0 Å². The quantitative estimate of drug-likeness (QED) is 0.642. The van der Waals surface area contributed by atoms with Crippen molar-refractivity contribution in [2.75, 3.05) is 0 Å². The molecular weight excluding hydrogens is 147 g/mol. The van der Waals surface area contributed by atoms with Gasteiger partial charge in [0.2, 0.25) is 0 Å². The molecule has 0 saturated carbocycles. The maximum atomic E-state index is 10.1. The van der Waals surface area contributed by atoms with Crippen molar-refractivity contribution in [3.63, 3.8) is 0 Å². The summed E-state index contributed by atoms with van der Waals surface area (Å²) in [7, 11) is 0. The van der Waals surface area contributed by atoms with Crippen LogP contribution in [0.25, 0.3) is 0 Å². The fourth-order valence-corrected chi connectivity index (χ4v) is 0.325. The van der Waals surface area contributed by atoms with Gasteiger partial charge < -0.3 is 9.40 Å². The van der Waals surface area contributed by atoms with Crippen molar-refractivity contribution in [3.05, 3.63) is 0 Å². The molecule has 0 aliphatic heterocycles. The van der Waals surface area contributed by atoms with Crippen molar-refractivity contribution < 1.29 is 19.0 Å². The number of hydrogen-bond acceptors (Lipinski definition) is 3. The van der Waals surface area contributed by atoms with Crippen LogP contribution >= 0.6 is 11.9 Å². The zero-order valence-corrected chi connectivity index (χ0v) is 5.22. The minimum atomic E-state index is -1.04. The number of carbonyl (C=O) groups excluding carboxylic acids is 1. The monoisotopic (exact) mass is 152 g/mol. The summed E-state index contributed by atoms with van der Waals surface area (Å²) in [6.07, 6.45) is -0.426. The Kier molecular flexibility index (Phi) is 3.79. The average Bonchev–Trinajstić information content (AvgIpc) is 1.83. The first-order chi connectivity index (χ1) is 4.16. The summed E-state index contributed by atoms with van der Waals surface area (Å²) in [5.41, 5.74) is 0. The standard InChI is InChI=1S/C4H5ClO4/c5-9-4(8)2-1-3(6)7/h1-2H2,(H,6,7). The largest absolute Gasteiger partial charge is 0.481 e. The lowest BCUT2D eigenvalue weighted by atomic mass is 10.3. The SMILES string of the molecule is O=C(O)CCC(=O)OCl. The van der Waals surface area contributed by atoms with E-state index in [4.69, 9.17) is 5.11 Å². The second-order valence-electron chi connectivity index (χ2n) is 1.34. The fourth-order valence-electron chi connectivity index (χ4n) is 0.248. The molecule has 0 aromatic rings. The number of hydrogen-bond donors (Lipinski definition) is 1. The molecule has 0 heterocycles. The third-order valence-corrected chi connectivity index (χ3v) is 0.801. The van der Waals surface area contributed by atoms with Crippen LogP contribution in [0, 0.1) is 0 Å². The van der Waals surface area contributed by atoms with E-state index in [0.29, 0.717) is 0 Å². The van der Waals surface area contributed by atoms with Gasteiger partial charge in [-0.3, -0.25) is 9.59 Å². The van der Waals surface area contributed by atoms with E-state index in [2.05, 4.69) is 16.2 Å². The molecule has 0 bridgehead atoms. The van der Waals surface area contributed by atoms with Gasteiger partial charge >= 0.3 is 11.9 Å². The van der Waals surface area contributed by atoms with Crippen LogP contribution in [-0.4, -0.2) is 17.0 Å². The first-order valence-electron chi connectivity index (χ1n) is 2.20. The maximum absolute atomic E-state index is 10.1. The number of carbonyl (C=O) groups is 2. The summed E-state index contributed by atoms with van der Waals surface area (Å²) in [6.45, 7) is 0. The number of carboxylic acids is 1. The number of rotatable bonds is 3. The summed E-state index contributed by atoms with van der Waals surface area (Å²) >= 11 is 4.59. The molecule has 0 amide bonds. The Hall–Kier alpha value is -0.770. The van der Waals surface area contributed by atoms with Crippen LogP contribution in [0.2, 0.25) is 0 Å². The van der Waals surface area contributed by atoms with E-state index >= 15 is 0 Å². The fraction of sp³-hybridized carbons (Fsp3) is 0.500. The molecule has 0 rings (SSSR count). The highest BCUT2D eigenvalue weighted by molar-refractivity contribution is 6.13. The Labute approximate surface area is 56.5 Å². The van der Waals surface area contributed by atoms with E-state index in [0.717, 1.165) is 0 Å². The smallest absolute Gasteiger partial charge is 0.325 e. The molecule has 0 aliphatic carbocycles. The molecule has 0 aliphatic rings. The lowest BCUT2D eigenvalue weighted by Crippen LogP contribution is -2.02. The second-order valence-corrected chi connectivity index (χ2v) is 1.50. The molecule has 0 spiro atoms. The highest BCUT2D eigenvalue weighted by Gasteiger charge is 2.04. The van der Waals surface area contributed by atoms with Crippen LogP contribution in [0.4, 0.5) is 0 Å². The summed E-state index contributed by atoms with van der Waals surface area (Å²) in [5, 5.41) is 8.01. The van der Waals surface area contributed by atoms with Gasteiger partial charge in [-0.1, -0.05) is 0 Å². The molecule has 9 heavy (non-hydrogen) atoms. The van der Waals surface area contributed by atoms with Crippen LogP contribution in [0.1, 0.15) is 12.8 Å². The second kappa shape index (κ2) is 4.14. The van der Waals surface area contributed by atoms with Gasteiger partial charge in [0.05, 0.1) is 12.8 Å². The molecule has 52 valence electrons. The number of carboxylic acid groups (broad SMARTS) is 1. The van der Waals surface area contributed by atoms with Crippen LogP contribution in [0.5, 0.6) is 0 Å². The average molecular weight is 153 g/mol. The molecule has 0 fully saturated rings. The molecule has 1 N–H and O–H groups in total. The number of halogens is 1. The molecule has 5 heteroatoms. The van der Waals surface area contributed by atoms with Gasteiger partial charge in [-0.2, -0.15) is 0 Å². The topological polar surface area (TPSA) is 63.6 Å². The van der Waals surface area contributed by atoms with Crippen molar-refractivity contribution >= 4 is 23.8 Å². The van der Waals surface area contributed by atoms with E-state index in [1.54, 1.807) is 0 Å². The normalized spacial score (nSPS) is 8.56. The lowest BCUT2D eigenvalue weighted by molar-refractivity contribution is -0.142. The molecule has 0 radical (unpaired) electrons. The first-order valence-corrected chi connectivity index (χ1v) is 2.51. The van der Waals surface area contributed by atoms with Crippen molar-refractivity contribution in [2.45, 2.75) is 12.8 Å². The minimum absolute atomic E-state index is 0.182. The van der Waals surface area contributed by atoms with Crippen LogP contribution in [-0.2, 0) is 13.9 Å². The summed E-state index contributed by atoms with van der Waals surface area (Å²) in [4.78, 5) is 19.9. The third-order valence-electron chi connectivity index (χ3n) is 0.629. The van der Waals surface area contributed by atoms with E-state index in [9.17, 15) is 9.59 Å². The molecule has 0 saturated heterocycles. The molecule has 4 nitrogen and oxygen atoms in total. The van der Waals surface area contributed by atoms with Crippen molar-refractivity contribution in [1.29, 1.82) is 0 Å². The van der Waals surface area contributed by atoms with Gasteiger partial charge in [0.15, 0.2) is 0 Å². The van der Waals surface area contributed by atoms with Crippen molar-refractivity contribution in [1.82, 2.24) is 0 Å². The van der Waals surface area contributed by atoms with Gasteiger partial charge in [-0.25, -0.2) is 0 Å². The van der Waals surface area contributed by atoms with Crippen LogP contribution in [0.3, 0.4) is 0 Å². The van der Waals surface area contributed by atoms with Crippen molar-refractivity contribution in [2.24, 2.45) is 0 Å². The molecule has 0 aromatic heterocycles. The Bertz CT molecular complexity index is 122. The minimum Gasteiger partial charge on any atom is -0.481 e. The van der Waals surface area contributed by atoms with E-state index < -0.39 is 11.9 Å². The predicted molar refractivity (Wildman–Crippen MR) is 28.8 cm³/mol. The van der Waals surface area contributed by atoms with E-state index in [-0.39, 0.29) is 12.8 Å². The molecule has 0 unspecified atom stereocenters. The van der Waals surface area contributed by atoms with Crippen molar-refractivity contribution in [3.8, 4) is 0 Å². The third kappa shape index (κ3) is 5.10. The summed E-state index contributed by atoms with van der Waals surface area (Å²) in [5.74, 6) is -1.77. The van der Waals surface area contributed by atoms with Crippen LogP contribution in [0.15, 0.2) is 0 Å². The maximum Gasteiger partial charge on any atom is 0.325 e. The summed E-state index contributed by atoms with van der Waals surface area (Å²) < 4.78 is 3.67. The highest BCUT2D eigenvalue weighted by atomic mass is 35.5. The van der Waals surface area contributed by atoms with Crippen LogP contribution < -0.4 is 0 Å². The summed E-state index contributed by atoms with van der Waals surface area (Å²) in [6, 6.07) is 0. The van der Waals surface area contributed by atoms with Gasteiger partial charge in [-0.05, 0) is 0 Å². The van der Waals surface area contributed by atoms with Gasteiger partial charge in [0.1, 0.15) is 11.9 Å².